The highest BCUT2D eigenvalue weighted by atomic mass is 32.1. The van der Waals surface area contributed by atoms with Crippen molar-refractivity contribution in [1.82, 2.24) is 4.98 Å². The van der Waals surface area contributed by atoms with Crippen molar-refractivity contribution >= 4 is 12.6 Å². The number of fused-ring (bicyclic) bond motifs is 1. The molecule has 0 atom stereocenters. The minimum absolute atomic E-state index is 0.971. The quantitative estimate of drug-likeness (QED) is 0.627. The Kier molecular flexibility index (Phi) is 2.57. The highest BCUT2D eigenvalue weighted by Gasteiger charge is 2.14. The third-order valence-electron chi connectivity index (χ3n) is 2.81. The zero-order valence-corrected chi connectivity index (χ0v) is 10.1. The van der Waals surface area contributed by atoms with Gasteiger partial charge in [-0.3, -0.25) is 4.98 Å². The zero-order chi connectivity index (χ0) is 11.7. The molecule has 1 aromatic heterocycles. The van der Waals surface area contributed by atoms with Crippen LogP contribution in [0.5, 0.6) is 0 Å². The minimum atomic E-state index is 0.971. The number of thiol groups is 1. The van der Waals surface area contributed by atoms with E-state index in [2.05, 4.69) is 35.8 Å². The van der Waals surface area contributed by atoms with Crippen LogP contribution in [0.4, 0.5) is 0 Å². The molecule has 2 heteroatoms. The predicted molar refractivity (Wildman–Crippen MR) is 73.5 cm³/mol. The Morgan fingerprint density at radius 2 is 1.71 bits per heavy atom. The molecule has 0 unspecified atom stereocenters. The van der Waals surface area contributed by atoms with Gasteiger partial charge in [0, 0.05) is 16.7 Å². The summed E-state index contributed by atoms with van der Waals surface area (Å²) in [4.78, 5) is 5.38. The second-order valence-electron chi connectivity index (χ2n) is 3.90. The van der Waals surface area contributed by atoms with Crippen LogP contribution in [0.3, 0.4) is 0 Å². The molecule has 0 spiro atoms. The average Bonchev–Trinajstić information content (AvgIpc) is 2.52. The summed E-state index contributed by atoms with van der Waals surface area (Å²) in [7, 11) is 0. The van der Waals surface area contributed by atoms with Crippen molar-refractivity contribution < 1.29 is 0 Å². The van der Waals surface area contributed by atoms with E-state index < -0.39 is 0 Å². The van der Waals surface area contributed by atoms with Gasteiger partial charge < -0.3 is 0 Å². The van der Waals surface area contributed by atoms with Crippen LogP contribution >= 0.6 is 12.6 Å². The lowest BCUT2D eigenvalue weighted by Gasteiger charge is -2.02. The van der Waals surface area contributed by atoms with Gasteiger partial charge in [0.15, 0.2) is 0 Å². The van der Waals surface area contributed by atoms with E-state index >= 15 is 0 Å². The molecular formula is C15H11NS. The molecule has 1 nitrogen and oxygen atoms in total. The van der Waals surface area contributed by atoms with Gasteiger partial charge in [-0.25, -0.2) is 0 Å². The lowest BCUT2D eigenvalue weighted by atomic mass is 10.1. The molecular weight excluding hydrogens is 226 g/mol. The van der Waals surface area contributed by atoms with Crippen molar-refractivity contribution in [2.75, 3.05) is 0 Å². The van der Waals surface area contributed by atoms with Crippen LogP contribution in [0.1, 0.15) is 0 Å². The van der Waals surface area contributed by atoms with E-state index in [1.165, 1.54) is 11.1 Å². The molecule has 1 aromatic rings. The Morgan fingerprint density at radius 3 is 2.53 bits per heavy atom. The van der Waals surface area contributed by atoms with E-state index in [9.17, 15) is 0 Å². The smallest absolute Gasteiger partial charge is 0.0719 e. The van der Waals surface area contributed by atoms with E-state index in [0.717, 1.165) is 16.2 Å². The van der Waals surface area contributed by atoms with Crippen molar-refractivity contribution in [3.8, 4) is 22.4 Å². The predicted octanol–water partition coefficient (Wildman–Crippen LogP) is 4.14. The summed E-state index contributed by atoms with van der Waals surface area (Å²) < 4.78 is 0. The number of rotatable bonds is 1. The second kappa shape index (κ2) is 4.22. The van der Waals surface area contributed by atoms with Crippen molar-refractivity contribution in [3.63, 3.8) is 0 Å². The maximum atomic E-state index is 4.55. The zero-order valence-electron chi connectivity index (χ0n) is 9.17. The van der Waals surface area contributed by atoms with Gasteiger partial charge in [0.2, 0.25) is 0 Å². The fourth-order valence-electron chi connectivity index (χ4n) is 2.05. The Hall–Kier alpha value is -1.80. The summed E-state index contributed by atoms with van der Waals surface area (Å²) in [6, 6.07) is 18.3. The van der Waals surface area contributed by atoms with E-state index in [0.29, 0.717) is 0 Å². The first-order chi connectivity index (χ1) is 8.36. The fourth-order valence-corrected chi connectivity index (χ4v) is 2.43. The number of hydrogen-bond acceptors (Lipinski definition) is 2. The Labute approximate surface area is 106 Å². The first kappa shape index (κ1) is 10.4. The van der Waals surface area contributed by atoms with Gasteiger partial charge >= 0.3 is 0 Å². The SMILES string of the molecule is Sc1cc2cccccc-2c1-c1ccccn1. The summed E-state index contributed by atoms with van der Waals surface area (Å²) in [5.74, 6) is 0. The van der Waals surface area contributed by atoms with Crippen molar-refractivity contribution in [2.24, 2.45) is 0 Å². The molecule has 82 valence electrons. The van der Waals surface area contributed by atoms with E-state index in [1.807, 2.05) is 42.6 Å². The van der Waals surface area contributed by atoms with Gasteiger partial charge in [-0.2, -0.15) is 0 Å². The molecule has 0 N–H and O–H groups in total. The largest absolute Gasteiger partial charge is 0.256 e. The monoisotopic (exact) mass is 237 g/mol. The van der Waals surface area contributed by atoms with E-state index in [-0.39, 0.29) is 0 Å². The van der Waals surface area contributed by atoms with Crippen molar-refractivity contribution in [1.29, 1.82) is 0 Å². The molecule has 0 amide bonds. The average molecular weight is 237 g/mol. The molecule has 0 fully saturated rings. The third-order valence-corrected chi connectivity index (χ3v) is 3.16. The van der Waals surface area contributed by atoms with Gasteiger partial charge in [-0.05, 0) is 29.3 Å². The van der Waals surface area contributed by atoms with Crippen LogP contribution < -0.4 is 0 Å². The van der Waals surface area contributed by atoms with Crippen molar-refractivity contribution in [2.45, 2.75) is 4.90 Å². The molecule has 0 aromatic carbocycles. The van der Waals surface area contributed by atoms with Gasteiger partial charge in [0.05, 0.1) is 5.69 Å². The van der Waals surface area contributed by atoms with Gasteiger partial charge in [-0.15, -0.1) is 12.6 Å². The van der Waals surface area contributed by atoms with Crippen LogP contribution in [0.15, 0.2) is 65.7 Å². The second-order valence-corrected chi connectivity index (χ2v) is 4.38. The normalized spacial score (nSPS) is 10.6. The van der Waals surface area contributed by atoms with E-state index in [1.54, 1.807) is 0 Å². The third kappa shape index (κ3) is 1.81. The summed E-state index contributed by atoms with van der Waals surface area (Å²) in [6.07, 6.45) is 1.81. The molecule has 3 rings (SSSR count). The van der Waals surface area contributed by atoms with Crippen LogP contribution in [0.2, 0.25) is 0 Å². The number of nitrogens with zero attached hydrogens (tertiary/aromatic N) is 1. The number of pyridine rings is 1. The molecule has 0 bridgehead atoms. The Balaban J connectivity index is 2.30. The topological polar surface area (TPSA) is 12.9 Å². The number of hydrogen-bond donors (Lipinski definition) is 1. The number of aromatic nitrogens is 1. The van der Waals surface area contributed by atoms with Gasteiger partial charge in [-0.1, -0.05) is 36.4 Å². The lowest BCUT2D eigenvalue weighted by molar-refractivity contribution is 1.31. The molecule has 0 aliphatic heterocycles. The molecule has 0 radical (unpaired) electrons. The Morgan fingerprint density at radius 1 is 0.882 bits per heavy atom. The first-order valence-corrected chi connectivity index (χ1v) is 5.93. The summed E-state index contributed by atoms with van der Waals surface area (Å²) in [5.41, 5.74) is 4.47. The van der Waals surface area contributed by atoms with Crippen LogP contribution in [0, 0.1) is 0 Å². The maximum absolute atomic E-state index is 4.55. The highest BCUT2D eigenvalue weighted by molar-refractivity contribution is 7.80. The lowest BCUT2D eigenvalue weighted by Crippen LogP contribution is -1.81. The van der Waals surface area contributed by atoms with Crippen LogP contribution in [0.25, 0.3) is 22.4 Å². The molecule has 0 saturated heterocycles. The first-order valence-electron chi connectivity index (χ1n) is 5.48. The maximum Gasteiger partial charge on any atom is 0.0719 e. The highest BCUT2D eigenvalue weighted by Crippen LogP contribution is 2.39. The summed E-state index contributed by atoms with van der Waals surface area (Å²) in [5, 5.41) is 0. The van der Waals surface area contributed by atoms with E-state index in [4.69, 9.17) is 0 Å². The standard InChI is InChI=1S/C15H11NS/c17-14-10-11-6-2-1-3-7-12(11)15(14)13-8-4-5-9-16-13/h1-10,17H. The van der Waals surface area contributed by atoms with Crippen LogP contribution in [-0.2, 0) is 0 Å². The molecule has 2 aliphatic rings. The van der Waals surface area contributed by atoms with Crippen molar-refractivity contribution in [3.05, 3.63) is 60.8 Å². The fraction of sp³-hybridized carbons (Fsp3) is 0. The van der Waals surface area contributed by atoms with Crippen LogP contribution in [-0.4, -0.2) is 4.98 Å². The molecule has 17 heavy (non-hydrogen) atoms. The summed E-state index contributed by atoms with van der Waals surface area (Å²) in [6.45, 7) is 0. The Bertz CT molecular complexity index is 619. The van der Waals surface area contributed by atoms with Gasteiger partial charge in [0.1, 0.15) is 0 Å². The molecule has 1 heterocycles. The minimum Gasteiger partial charge on any atom is -0.256 e. The molecule has 0 saturated carbocycles. The molecule has 2 aliphatic carbocycles. The summed E-state index contributed by atoms with van der Waals surface area (Å²) >= 11 is 4.55. The van der Waals surface area contributed by atoms with Gasteiger partial charge in [0.25, 0.3) is 0 Å².